The first-order valence-corrected chi connectivity index (χ1v) is 6.15. The first-order valence-electron chi connectivity index (χ1n) is 6.15. The van der Waals surface area contributed by atoms with Crippen LogP contribution in [-0.2, 0) is 9.47 Å². The lowest BCUT2D eigenvalue weighted by Gasteiger charge is -2.49. The van der Waals surface area contributed by atoms with Gasteiger partial charge in [-0.2, -0.15) is 0 Å². The van der Waals surface area contributed by atoms with Gasteiger partial charge in [0.2, 0.25) is 0 Å². The first kappa shape index (κ1) is 13.9. The van der Waals surface area contributed by atoms with E-state index in [4.69, 9.17) is 9.47 Å². The summed E-state index contributed by atoms with van der Waals surface area (Å²) in [5, 5.41) is 10.1. The van der Waals surface area contributed by atoms with E-state index < -0.39 is 11.7 Å². The molecule has 4 atom stereocenters. The second kappa shape index (κ2) is 4.63. The van der Waals surface area contributed by atoms with Gasteiger partial charge in [0.1, 0.15) is 6.10 Å². The van der Waals surface area contributed by atoms with E-state index in [0.717, 1.165) is 12.8 Å². The van der Waals surface area contributed by atoms with Gasteiger partial charge >= 0.3 is 0 Å². The van der Waals surface area contributed by atoms with Crippen LogP contribution in [0.3, 0.4) is 0 Å². The fourth-order valence-electron chi connectivity index (χ4n) is 2.26. The lowest BCUT2D eigenvalue weighted by Crippen LogP contribution is -2.58. The van der Waals surface area contributed by atoms with Crippen LogP contribution in [-0.4, -0.2) is 36.1 Å². The van der Waals surface area contributed by atoms with Gasteiger partial charge in [-0.05, 0) is 25.7 Å². The first-order chi connectivity index (χ1) is 7.27. The van der Waals surface area contributed by atoms with Gasteiger partial charge < -0.3 is 14.6 Å². The summed E-state index contributed by atoms with van der Waals surface area (Å²) in [4.78, 5) is 0. The molecule has 1 saturated heterocycles. The molecule has 0 amide bonds. The molecule has 16 heavy (non-hydrogen) atoms. The molecular weight excluding hydrogens is 204 g/mol. The van der Waals surface area contributed by atoms with Crippen molar-refractivity contribution in [3.05, 3.63) is 0 Å². The zero-order valence-electron chi connectivity index (χ0n) is 11.4. The number of aliphatic hydroxyl groups is 1. The number of methoxy groups -OCH3 is 1. The normalized spacial score (nSPS) is 41.1. The van der Waals surface area contributed by atoms with Crippen molar-refractivity contribution in [2.75, 3.05) is 7.11 Å². The molecule has 0 saturated carbocycles. The fourth-order valence-corrected chi connectivity index (χ4v) is 2.26. The second-order valence-corrected chi connectivity index (χ2v) is 5.84. The van der Waals surface area contributed by atoms with Crippen LogP contribution in [0.15, 0.2) is 0 Å². The van der Waals surface area contributed by atoms with E-state index in [-0.39, 0.29) is 17.6 Å². The van der Waals surface area contributed by atoms with Crippen molar-refractivity contribution in [1.29, 1.82) is 0 Å². The van der Waals surface area contributed by atoms with Crippen LogP contribution in [0.25, 0.3) is 0 Å². The summed E-state index contributed by atoms with van der Waals surface area (Å²) >= 11 is 0. The maximum Gasteiger partial charge on any atom is 0.109 e. The van der Waals surface area contributed by atoms with Crippen LogP contribution in [0.1, 0.15) is 47.5 Å². The van der Waals surface area contributed by atoms with E-state index in [1.165, 1.54) is 0 Å². The van der Waals surface area contributed by atoms with Crippen molar-refractivity contribution in [2.45, 2.75) is 71.4 Å². The van der Waals surface area contributed by atoms with Crippen LogP contribution in [0.5, 0.6) is 0 Å². The predicted molar refractivity (Wildman–Crippen MR) is 64.4 cm³/mol. The molecule has 3 heteroatoms. The average molecular weight is 230 g/mol. The van der Waals surface area contributed by atoms with Gasteiger partial charge in [-0.3, -0.25) is 0 Å². The Kier molecular flexibility index (Phi) is 4.04. The summed E-state index contributed by atoms with van der Waals surface area (Å²) in [5.74, 6) is 0. The number of hydrogen-bond donors (Lipinski definition) is 1. The maximum atomic E-state index is 10.1. The molecule has 0 aromatic rings. The Balaban J connectivity index is 2.87. The monoisotopic (exact) mass is 230 g/mol. The molecule has 0 spiro atoms. The smallest absolute Gasteiger partial charge is 0.109 e. The summed E-state index contributed by atoms with van der Waals surface area (Å²) in [6.07, 6.45) is 1.22. The Morgan fingerprint density at radius 3 is 2.50 bits per heavy atom. The summed E-state index contributed by atoms with van der Waals surface area (Å²) in [6.45, 7) is 10.5. The molecule has 1 N–H and O–H groups in total. The summed E-state index contributed by atoms with van der Waals surface area (Å²) in [7, 11) is 1.66. The molecule has 0 unspecified atom stereocenters. The van der Waals surface area contributed by atoms with Crippen LogP contribution in [0.2, 0.25) is 0 Å². The van der Waals surface area contributed by atoms with Crippen LogP contribution < -0.4 is 0 Å². The Hall–Kier alpha value is -0.120. The molecule has 0 aliphatic carbocycles. The van der Waals surface area contributed by atoms with Crippen LogP contribution >= 0.6 is 0 Å². The average Bonchev–Trinajstić information content (AvgIpc) is 2.25. The molecule has 1 rings (SSSR count). The molecular formula is C13H26O3. The van der Waals surface area contributed by atoms with Gasteiger partial charge in [0.25, 0.3) is 0 Å². The molecule has 0 radical (unpaired) electrons. The zero-order valence-corrected chi connectivity index (χ0v) is 11.4. The maximum absolute atomic E-state index is 10.1. The third-order valence-electron chi connectivity index (χ3n) is 4.29. The van der Waals surface area contributed by atoms with E-state index in [1.807, 2.05) is 13.8 Å². The second-order valence-electron chi connectivity index (χ2n) is 5.84. The minimum absolute atomic E-state index is 0.119. The van der Waals surface area contributed by atoms with E-state index in [0.29, 0.717) is 0 Å². The van der Waals surface area contributed by atoms with Crippen molar-refractivity contribution in [3.63, 3.8) is 0 Å². The van der Waals surface area contributed by atoms with Gasteiger partial charge in [-0.25, -0.2) is 0 Å². The lowest BCUT2D eigenvalue weighted by molar-refractivity contribution is -0.234. The molecule has 1 fully saturated rings. The SMILES string of the molecule is CCC(C)(C)[C@H]1C[C@@](C)(OC)[C@@H](O)[C@H](C)O1. The third-order valence-corrected chi connectivity index (χ3v) is 4.29. The molecule has 0 bridgehead atoms. The summed E-state index contributed by atoms with van der Waals surface area (Å²) in [5.41, 5.74) is -0.372. The van der Waals surface area contributed by atoms with Crippen molar-refractivity contribution in [2.24, 2.45) is 5.41 Å². The third kappa shape index (κ3) is 2.41. The quantitative estimate of drug-likeness (QED) is 0.809. The van der Waals surface area contributed by atoms with Gasteiger partial charge in [0, 0.05) is 13.5 Å². The minimum Gasteiger partial charge on any atom is -0.387 e. The molecule has 1 aliphatic rings. The topological polar surface area (TPSA) is 38.7 Å². The highest BCUT2D eigenvalue weighted by Crippen LogP contribution is 2.40. The molecule has 0 aromatic carbocycles. The van der Waals surface area contributed by atoms with Crippen molar-refractivity contribution in [1.82, 2.24) is 0 Å². The predicted octanol–water partition coefficient (Wildman–Crippen LogP) is 2.37. The van der Waals surface area contributed by atoms with Crippen molar-refractivity contribution in [3.8, 4) is 0 Å². The highest BCUT2D eigenvalue weighted by atomic mass is 16.5. The van der Waals surface area contributed by atoms with E-state index >= 15 is 0 Å². The van der Waals surface area contributed by atoms with E-state index in [9.17, 15) is 5.11 Å². The van der Waals surface area contributed by atoms with Crippen molar-refractivity contribution < 1.29 is 14.6 Å². The van der Waals surface area contributed by atoms with Gasteiger partial charge in [-0.15, -0.1) is 0 Å². The Morgan fingerprint density at radius 2 is 2.06 bits per heavy atom. The highest BCUT2D eigenvalue weighted by Gasteiger charge is 2.48. The van der Waals surface area contributed by atoms with Gasteiger partial charge in [0.15, 0.2) is 0 Å². The molecule has 3 nitrogen and oxygen atoms in total. The van der Waals surface area contributed by atoms with Crippen LogP contribution in [0.4, 0.5) is 0 Å². The van der Waals surface area contributed by atoms with Crippen molar-refractivity contribution >= 4 is 0 Å². The summed E-state index contributed by atoms with van der Waals surface area (Å²) < 4.78 is 11.4. The summed E-state index contributed by atoms with van der Waals surface area (Å²) in [6, 6.07) is 0. The molecule has 1 heterocycles. The molecule has 0 aromatic heterocycles. The Morgan fingerprint density at radius 1 is 1.50 bits per heavy atom. The highest BCUT2D eigenvalue weighted by molar-refractivity contribution is 4.97. The standard InChI is InChI=1S/C13H26O3/c1-7-12(3,4)10-8-13(5,15-6)11(14)9(2)16-10/h9-11,14H,7-8H2,1-6H3/t9-,10+,11-,13+/m0/s1. The van der Waals surface area contributed by atoms with E-state index in [2.05, 4.69) is 20.8 Å². The Labute approximate surface area is 99.1 Å². The van der Waals surface area contributed by atoms with Gasteiger partial charge in [-0.1, -0.05) is 20.8 Å². The minimum atomic E-state index is -0.554. The Bertz CT molecular complexity index is 239. The number of aliphatic hydroxyl groups excluding tert-OH is 1. The lowest BCUT2D eigenvalue weighted by atomic mass is 9.74. The number of rotatable bonds is 3. The number of ether oxygens (including phenoxy) is 2. The van der Waals surface area contributed by atoms with Gasteiger partial charge in [0.05, 0.1) is 17.8 Å². The van der Waals surface area contributed by atoms with E-state index in [1.54, 1.807) is 7.11 Å². The molecule has 96 valence electrons. The van der Waals surface area contributed by atoms with Crippen LogP contribution in [0, 0.1) is 5.41 Å². The zero-order chi connectivity index (χ0) is 12.6. The molecule has 1 aliphatic heterocycles. The number of hydrogen-bond acceptors (Lipinski definition) is 3. The fraction of sp³-hybridized carbons (Fsp3) is 1.00. The largest absolute Gasteiger partial charge is 0.387 e.